The van der Waals surface area contributed by atoms with E-state index in [4.69, 9.17) is 9.26 Å². The summed E-state index contributed by atoms with van der Waals surface area (Å²) in [5, 5.41) is 6.54. The van der Waals surface area contributed by atoms with E-state index < -0.39 is 0 Å². The Labute approximate surface area is 131 Å². The van der Waals surface area contributed by atoms with Crippen LogP contribution in [0.5, 0.6) is 5.75 Å². The number of hydrogen-bond acceptors (Lipinski definition) is 6. The summed E-state index contributed by atoms with van der Waals surface area (Å²) in [6.45, 7) is 1.94. The lowest BCUT2D eigenvalue weighted by molar-refractivity contribution is 0.0945. The maximum Gasteiger partial charge on any atom is 0.269 e. The Morgan fingerprint density at radius 1 is 1.35 bits per heavy atom. The lowest BCUT2D eigenvalue weighted by Gasteiger charge is -1.99. The lowest BCUT2D eigenvalue weighted by Crippen LogP contribution is -2.23. The molecule has 3 aromatic rings. The summed E-state index contributed by atoms with van der Waals surface area (Å²) in [5.74, 6) is 1.92. The fourth-order valence-electron chi connectivity index (χ4n) is 1.97. The van der Waals surface area contributed by atoms with Gasteiger partial charge < -0.3 is 19.6 Å². The molecule has 1 amide bonds. The predicted molar refractivity (Wildman–Crippen MR) is 80.8 cm³/mol. The molecule has 8 nitrogen and oxygen atoms in total. The molecule has 0 saturated carbocycles. The highest BCUT2D eigenvalue weighted by atomic mass is 16.5. The van der Waals surface area contributed by atoms with Crippen molar-refractivity contribution < 1.29 is 14.1 Å². The lowest BCUT2D eigenvalue weighted by atomic mass is 10.2. The number of H-pyrrole nitrogens is 1. The molecule has 0 aliphatic heterocycles. The Balaban J connectivity index is 1.63. The monoisotopic (exact) mass is 313 g/mol. The molecule has 3 rings (SSSR count). The molecule has 0 saturated heterocycles. The quantitative estimate of drug-likeness (QED) is 0.742. The molecule has 0 atom stereocenters. The van der Waals surface area contributed by atoms with E-state index in [1.807, 2.05) is 24.3 Å². The van der Waals surface area contributed by atoms with Gasteiger partial charge in [-0.25, -0.2) is 4.98 Å². The number of carbonyl (C=O) groups is 1. The van der Waals surface area contributed by atoms with Crippen molar-refractivity contribution >= 4 is 5.91 Å². The van der Waals surface area contributed by atoms with E-state index >= 15 is 0 Å². The SMILES string of the molecule is COc1ccc(-c2nc(CNC(=O)c3cnc(C)[nH]3)no2)cc1. The second-order valence-electron chi connectivity index (χ2n) is 4.81. The van der Waals surface area contributed by atoms with E-state index in [1.54, 1.807) is 14.0 Å². The molecule has 2 aromatic heterocycles. The zero-order valence-corrected chi connectivity index (χ0v) is 12.7. The van der Waals surface area contributed by atoms with Crippen LogP contribution >= 0.6 is 0 Å². The van der Waals surface area contributed by atoms with Crippen LogP contribution in [0.3, 0.4) is 0 Å². The second kappa shape index (κ2) is 6.30. The van der Waals surface area contributed by atoms with Gasteiger partial charge in [0.25, 0.3) is 11.8 Å². The smallest absolute Gasteiger partial charge is 0.269 e. The first-order valence-electron chi connectivity index (χ1n) is 6.92. The highest BCUT2D eigenvalue weighted by molar-refractivity contribution is 5.91. The second-order valence-corrected chi connectivity index (χ2v) is 4.81. The number of rotatable bonds is 5. The fourth-order valence-corrected chi connectivity index (χ4v) is 1.97. The molecule has 0 fully saturated rings. The van der Waals surface area contributed by atoms with Gasteiger partial charge in [-0.15, -0.1) is 0 Å². The van der Waals surface area contributed by atoms with Gasteiger partial charge in [0.2, 0.25) is 0 Å². The van der Waals surface area contributed by atoms with Gasteiger partial charge in [-0.1, -0.05) is 5.16 Å². The predicted octanol–water partition coefficient (Wildman–Crippen LogP) is 1.71. The van der Waals surface area contributed by atoms with Crippen LogP contribution in [-0.2, 0) is 6.54 Å². The van der Waals surface area contributed by atoms with Gasteiger partial charge in [0, 0.05) is 5.56 Å². The average Bonchev–Trinajstić information content (AvgIpc) is 3.22. The van der Waals surface area contributed by atoms with Crippen molar-refractivity contribution in [3.8, 4) is 17.2 Å². The fraction of sp³-hybridized carbons (Fsp3) is 0.200. The Morgan fingerprint density at radius 2 is 2.13 bits per heavy atom. The number of aromatic nitrogens is 4. The number of imidazole rings is 1. The van der Waals surface area contributed by atoms with Crippen molar-refractivity contribution in [3.63, 3.8) is 0 Å². The summed E-state index contributed by atoms with van der Waals surface area (Å²) in [7, 11) is 1.60. The molecule has 0 bridgehead atoms. The molecule has 118 valence electrons. The van der Waals surface area contributed by atoms with E-state index in [2.05, 4.69) is 25.4 Å². The van der Waals surface area contributed by atoms with Gasteiger partial charge in [0.15, 0.2) is 5.82 Å². The largest absolute Gasteiger partial charge is 0.497 e. The van der Waals surface area contributed by atoms with Gasteiger partial charge in [-0.05, 0) is 31.2 Å². The first-order valence-corrected chi connectivity index (χ1v) is 6.92. The molecular formula is C15H15N5O3. The first kappa shape index (κ1) is 14.8. The van der Waals surface area contributed by atoms with Crippen LogP contribution in [-0.4, -0.2) is 33.1 Å². The van der Waals surface area contributed by atoms with Crippen molar-refractivity contribution in [2.75, 3.05) is 7.11 Å². The van der Waals surface area contributed by atoms with Crippen molar-refractivity contribution in [3.05, 3.63) is 47.8 Å². The third-order valence-electron chi connectivity index (χ3n) is 3.16. The van der Waals surface area contributed by atoms with Crippen LogP contribution in [0.2, 0.25) is 0 Å². The maximum atomic E-state index is 11.9. The zero-order valence-electron chi connectivity index (χ0n) is 12.7. The summed E-state index contributed by atoms with van der Waals surface area (Å²) in [6.07, 6.45) is 1.48. The number of aryl methyl sites for hydroxylation is 1. The Kier molecular flexibility index (Phi) is 4.05. The van der Waals surface area contributed by atoms with Crippen LogP contribution in [0.4, 0.5) is 0 Å². The van der Waals surface area contributed by atoms with Crippen LogP contribution < -0.4 is 10.1 Å². The molecule has 0 spiro atoms. The van der Waals surface area contributed by atoms with E-state index in [0.717, 1.165) is 11.3 Å². The summed E-state index contributed by atoms with van der Waals surface area (Å²) >= 11 is 0. The first-order chi connectivity index (χ1) is 11.2. The highest BCUT2D eigenvalue weighted by Crippen LogP contribution is 2.20. The molecule has 8 heteroatoms. The van der Waals surface area contributed by atoms with Gasteiger partial charge in [0.1, 0.15) is 17.3 Å². The number of ether oxygens (including phenoxy) is 1. The standard InChI is InChI=1S/C15H15N5O3/c1-9-16-7-12(18-9)14(21)17-8-13-19-15(23-20-13)10-3-5-11(22-2)6-4-10/h3-7H,8H2,1-2H3,(H,16,18)(H,17,21). The van der Waals surface area contributed by atoms with Gasteiger partial charge in [-0.3, -0.25) is 4.79 Å². The molecule has 0 radical (unpaired) electrons. The van der Waals surface area contributed by atoms with E-state index in [9.17, 15) is 4.79 Å². The topological polar surface area (TPSA) is 106 Å². The number of nitrogens with zero attached hydrogens (tertiary/aromatic N) is 3. The number of carbonyl (C=O) groups excluding carboxylic acids is 1. The molecular weight excluding hydrogens is 298 g/mol. The van der Waals surface area contributed by atoms with E-state index in [0.29, 0.717) is 23.2 Å². The normalized spacial score (nSPS) is 10.5. The number of methoxy groups -OCH3 is 1. The third kappa shape index (κ3) is 3.37. The number of nitrogens with one attached hydrogen (secondary N) is 2. The number of hydrogen-bond donors (Lipinski definition) is 2. The van der Waals surface area contributed by atoms with Crippen LogP contribution in [0, 0.1) is 6.92 Å². The minimum absolute atomic E-state index is 0.163. The minimum atomic E-state index is -0.276. The third-order valence-corrected chi connectivity index (χ3v) is 3.16. The van der Waals surface area contributed by atoms with E-state index in [-0.39, 0.29) is 12.5 Å². The summed E-state index contributed by atoms with van der Waals surface area (Å²) in [6, 6.07) is 7.26. The summed E-state index contributed by atoms with van der Waals surface area (Å²) < 4.78 is 10.3. The van der Waals surface area contributed by atoms with Crippen LogP contribution in [0.1, 0.15) is 22.1 Å². The molecule has 1 aromatic carbocycles. The summed E-state index contributed by atoms with van der Waals surface area (Å²) in [4.78, 5) is 23.0. The molecule has 2 heterocycles. The maximum absolute atomic E-state index is 11.9. The van der Waals surface area contributed by atoms with Crippen molar-refractivity contribution in [2.45, 2.75) is 13.5 Å². The van der Waals surface area contributed by atoms with Gasteiger partial charge in [-0.2, -0.15) is 4.98 Å². The molecule has 0 aliphatic rings. The van der Waals surface area contributed by atoms with Crippen molar-refractivity contribution in [1.82, 2.24) is 25.4 Å². The van der Waals surface area contributed by atoms with Gasteiger partial charge >= 0.3 is 0 Å². The summed E-state index contributed by atoms with van der Waals surface area (Å²) in [5.41, 5.74) is 1.17. The Morgan fingerprint density at radius 3 is 2.78 bits per heavy atom. The Hall–Kier alpha value is -3.16. The number of aromatic amines is 1. The molecule has 0 aliphatic carbocycles. The zero-order chi connectivity index (χ0) is 16.2. The Bertz CT molecular complexity index is 807. The van der Waals surface area contributed by atoms with Crippen LogP contribution in [0.15, 0.2) is 35.0 Å². The molecule has 2 N–H and O–H groups in total. The number of amides is 1. The van der Waals surface area contributed by atoms with E-state index in [1.165, 1.54) is 6.20 Å². The van der Waals surface area contributed by atoms with Gasteiger partial charge in [0.05, 0.1) is 19.9 Å². The van der Waals surface area contributed by atoms with Crippen molar-refractivity contribution in [2.24, 2.45) is 0 Å². The molecule has 23 heavy (non-hydrogen) atoms. The van der Waals surface area contributed by atoms with Crippen molar-refractivity contribution in [1.29, 1.82) is 0 Å². The number of benzene rings is 1. The minimum Gasteiger partial charge on any atom is -0.497 e. The van der Waals surface area contributed by atoms with Crippen LogP contribution in [0.25, 0.3) is 11.5 Å². The molecule has 0 unspecified atom stereocenters. The highest BCUT2D eigenvalue weighted by Gasteiger charge is 2.12. The average molecular weight is 313 g/mol.